The van der Waals surface area contributed by atoms with Crippen molar-refractivity contribution in [2.75, 3.05) is 19.6 Å². The number of rotatable bonds is 3. The molecule has 0 N–H and O–H groups in total. The average Bonchev–Trinajstić information content (AvgIpc) is 2.16. The number of hydrogen-bond acceptors (Lipinski definition) is 2. The van der Waals surface area contributed by atoms with E-state index in [2.05, 4.69) is 11.0 Å². The van der Waals surface area contributed by atoms with E-state index in [0.717, 1.165) is 19.6 Å². The van der Waals surface area contributed by atoms with Gasteiger partial charge in [-0.2, -0.15) is 5.26 Å². The molecule has 0 aromatic rings. The summed E-state index contributed by atoms with van der Waals surface area (Å²) in [6.45, 7) is 3.11. The van der Waals surface area contributed by atoms with Crippen molar-refractivity contribution in [2.24, 2.45) is 5.92 Å². The summed E-state index contributed by atoms with van der Waals surface area (Å²) >= 11 is 5.46. The highest BCUT2D eigenvalue weighted by atomic mass is 35.5. The molecule has 1 unspecified atom stereocenters. The molecule has 0 saturated carbocycles. The minimum atomic E-state index is 0.572. The summed E-state index contributed by atoms with van der Waals surface area (Å²) in [4.78, 5) is 2.35. The van der Waals surface area contributed by atoms with Crippen molar-refractivity contribution < 1.29 is 0 Å². The molecule has 0 aromatic carbocycles. The Morgan fingerprint density at radius 2 is 2.46 bits per heavy atom. The summed E-state index contributed by atoms with van der Waals surface area (Å²) in [6, 6.07) is 2.24. The van der Waals surface area contributed by atoms with Crippen LogP contribution in [-0.2, 0) is 0 Å². The lowest BCUT2D eigenvalue weighted by Gasteiger charge is -2.30. The van der Waals surface area contributed by atoms with Gasteiger partial charge < -0.3 is 0 Å². The summed E-state index contributed by atoms with van der Waals surface area (Å²) in [5.74, 6) is 0.572. The third-order valence-electron chi connectivity index (χ3n) is 2.44. The molecule has 1 fully saturated rings. The Labute approximate surface area is 84.8 Å². The maximum Gasteiger partial charge on any atom is 0.0625 e. The molecule has 0 amide bonds. The molecule has 13 heavy (non-hydrogen) atoms. The molecule has 0 spiro atoms. The second kappa shape index (κ2) is 6.01. The SMILES string of the molecule is N#CCC1CCCN(C/C=C/Cl)C1. The summed E-state index contributed by atoms with van der Waals surface area (Å²) < 4.78 is 0. The quantitative estimate of drug-likeness (QED) is 0.696. The van der Waals surface area contributed by atoms with Gasteiger partial charge in [-0.3, -0.25) is 4.90 Å². The highest BCUT2D eigenvalue weighted by molar-refractivity contribution is 6.25. The van der Waals surface area contributed by atoms with E-state index in [1.165, 1.54) is 12.8 Å². The summed E-state index contributed by atoms with van der Waals surface area (Å²) in [6.07, 6.45) is 5.06. The lowest BCUT2D eigenvalue weighted by Crippen LogP contribution is -2.35. The van der Waals surface area contributed by atoms with Gasteiger partial charge in [0.25, 0.3) is 0 Å². The third-order valence-corrected chi connectivity index (χ3v) is 2.61. The fraction of sp³-hybridized carbons (Fsp3) is 0.700. The first-order chi connectivity index (χ1) is 6.36. The fourth-order valence-electron chi connectivity index (χ4n) is 1.80. The first kappa shape index (κ1) is 10.6. The van der Waals surface area contributed by atoms with Crippen LogP contribution in [0.3, 0.4) is 0 Å². The predicted molar refractivity (Wildman–Crippen MR) is 54.4 cm³/mol. The highest BCUT2D eigenvalue weighted by Gasteiger charge is 2.18. The van der Waals surface area contributed by atoms with Crippen molar-refractivity contribution in [2.45, 2.75) is 19.3 Å². The van der Waals surface area contributed by atoms with Crippen LogP contribution in [0.5, 0.6) is 0 Å². The Hall–Kier alpha value is -0.520. The van der Waals surface area contributed by atoms with Crippen molar-refractivity contribution in [3.63, 3.8) is 0 Å². The van der Waals surface area contributed by atoms with Crippen LogP contribution in [0.1, 0.15) is 19.3 Å². The van der Waals surface area contributed by atoms with E-state index in [9.17, 15) is 0 Å². The predicted octanol–water partition coefficient (Wildman–Crippen LogP) is 2.36. The van der Waals surface area contributed by atoms with Gasteiger partial charge in [-0.15, -0.1) is 0 Å². The molecule has 1 aliphatic rings. The molecular weight excluding hydrogens is 184 g/mol. The van der Waals surface area contributed by atoms with Gasteiger partial charge in [-0.1, -0.05) is 17.7 Å². The van der Waals surface area contributed by atoms with E-state index in [1.807, 2.05) is 6.08 Å². The number of likely N-dealkylation sites (tertiary alicyclic amines) is 1. The maximum absolute atomic E-state index is 8.58. The van der Waals surface area contributed by atoms with E-state index in [1.54, 1.807) is 5.54 Å². The van der Waals surface area contributed by atoms with Crippen molar-refractivity contribution in [3.8, 4) is 6.07 Å². The van der Waals surface area contributed by atoms with Crippen LogP contribution in [-0.4, -0.2) is 24.5 Å². The smallest absolute Gasteiger partial charge is 0.0625 e. The van der Waals surface area contributed by atoms with Crippen LogP contribution in [0.2, 0.25) is 0 Å². The van der Waals surface area contributed by atoms with Crippen molar-refractivity contribution in [1.29, 1.82) is 5.26 Å². The summed E-state index contributed by atoms with van der Waals surface area (Å²) in [7, 11) is 0. The summed E-state index contributed by atoms with van der Waals surface area (Å²) in [5.41, 5.74) is 1.56. The standard InChI is InChI=1S/C10H15ClN2/c11-5-2-8-13-7-1-3-10(9-13)4-6-12/h2,5,10H,1,3-4,7-9H2/b5-2+. The van der Waals surface area contributed by atoms with Crippen molar-refractivity contribution in [1.82, 2.24) is 4.90 Å². The van der Waals surface area contributed by atoms with Crippen molar-refractivity contribution >= 4 is 11.6 Å². The van der Waals surface area contributed by atoms with Gasteiger partial charge in [0, 0.05) is 25.0 Å². The molecule has 0 aromatic heterocycles. The lowest BCUT2D eigenvalue weighted by molar-refractivity contribution is 0.193. The Morgan fingerprint density at radius 3 is 3.15 bits per heavy atom. The number of nitriles is 1. The normalized spacial score (nSPS) is 24.8. The Balaban J connectivity index is 2.29. The van der Waals surface area contributed by atoms with Gasteiger partial charge in [-0.05, 0) is 25.3 Å². The van der Waals surface area contributed by atoms with E-state index in [4.69, 9.17) is 16.9 Å². The first-order valence-corrected chi connectivity index (χ1v) is 5.15. The second-order valence-corrected chi connectivity index (χ2v) is 3.74. The number of nitrogens with zero attached hydrogens (tertiary/aromatic N) is 2. The van der Waals surface area contributed by atoms with Crippen LogP contribution in [0.25, 0.3) is 0 Å². The molecule has 2 nitrogen and oxygen atoms in total. The molecule has 0 bridgehead atoms. The third kappa shape index (κ3) is 3.80. The lowest BCUT2D eigenvalue weighted by atomic mass is 9.95. The average molecular weight is 199 g/mol. The zero-order chi connectivity index (χ0) is 9.52. The largest absolute Gasteiger partial charge is 0.299 e. The number of hydrogen-bond donors (Lipinski definition) is 0. The second-order valence-electron chi connectivity index (χ2n) is 3.49. The van der Waals surface area contributed by atoms with E-state index >= 15 is 0 Å². The van der Waals surface area contributed by atoms with Gasteiger partial charge >= 0.3 is 0 Å². The molecular formula is C10H15ClN2. The Kier molecular flexibility index (Phi) is 4.88. The van der Waals surface area contributed by atoms with E-state index in [0.29, 0.717) is 12.3 Å². The van der Waals surface area contributed by atoms with Crippen molar-refractivity contribution in [3.05, 3.63) is 11.6 Å². The van der Waals surface area contributed by atoms with Crippen LogP contribution >= 0.6 is 11.6 Å². The number of piperidine rings is 1. The van der Waals surface area contributed by atoms with Crippen LogP contribution in [0, 0.1) is 17.2 Å². The van der Waals surface area contributed by atoms with E-state index < -0.39 is 0 Å². The van der Waals surface area contributed by atoms with Crippen LogP contribution < -0.4 is 0 Å². The monoisotopic (exact) mass is 198 g/mol. The van der Waals surface area contributed by atoms with Gasteiger partial charge in [0.05, 0.1) is 6.07 Å². The minimum absolute atomic E-state index is 0.572. The molecule has 1 rings (SSSR count). The van der Waals surface area contributed by atoms with Gasteiger partial charge in [0.2, 0.25) is 0 Å². The fourth-order valence-corrected chi connectivity index (χ4v) is 1.88. The van der Waals surface area contributed by atoms with Crippen LogP contribution in [0.15, 0.2) is 11.6 Å². The molecule has 1 atom stereocenters. The topological polar surface area (TPSA) is 27.0 Å². The van der Waals surface area contributed by atoms with Gasteiger partial charge in [0.15, 0.2) is 0 Å². The maximum atomic E-state index is 8.58. The zero-order valence-electron chi connectivity index (χ0n) is 7.75. The molecule has 3 heteroatoms. The molecule has 72 valence electrons. The highest BCUT2D eigenvalue weighted by Crippen LogP contribution is 2.18. The van der Waals surface area contributed by atoms with E-state index in [-0.39, 0.29) is 0 Å². The Morgan fingerprint density at radius 1 is 1.62 bits per heavy atom. The van der Waals surface area contributed by atoms with Gasteiger partial charge in [0.1, 0.15) is 0 Å². The van der Waals surface area contributed by atoms with Crippen LogP contribution in [0.4, 0.5) is 0 Å². The summed E-state index contributed by atoms with van der Waals surface area (Å²) in [5, 5.41) is 8.58. The number of halogens is 1. The minimum Gasteiger partial charge on any atom is -0.299 e. The first-order valence-electron chi connectivity index (χ1n) is 4.71. The Bertz CT molecular complexity index is 207. The zero-order valence-corrected chi connectivity index (χ0v) is 8.50. The van der Waals surface area contributed by atoms with Gasteiger partial charge in [-0.25, -0.2) is 0 Å². The molecule has 1 aliphatic heterocycles. The molecule has 1 saturated heterocycles. The molecule has 1 heterocycles. The molecule has 0 aliphatic carbocycles. The molecule has 0 radical (unpaired) electrons.